The van der Waals surface area contributed by atoms with Crippen LogP contribution in [0.4, 0.5) is 15.8 Å². The summed E-state index contributed by atoms with van der Waals surface area (Å²) in [6, 6.07) is 8.86. The van der Waals surface area contributed by atoms with Crippen molar-refractivity contribution in [2.45, 2.75) is 23.5 Å². The fraction of sp³-hybridized carbons (Fsp3) is 0.263. The smallest absolute Gasteiger partial charge is 0.258 e. The van der Waals surface area contributed by atoms with Crippen molar-refractivity contribution >= 4 is 42.9 Å². The van der Waals surface area contributed by atoms with Crippen LogP contribution < -0.4 is 10.6 Å². The molecule has 8 nitrogen and oxygen atoms in total. The maximum atomic E-state index is 14.2. The minimum atomic E-state index is -4.04. The second kappa shape index (κ2) is 8.15. The van der Waals surface area contributed by atoms with Gasteiger partial charge in [-0.3, -0.25) is 9.59 Å². The molecule has 1 aliphatic heterocycles. The maximum Gasteiger partial charge on any atom is 0.258 e. The second-order valence-corrected chi connectivity index (χ2v) is 11.4. The Labute approximate surface area is 173 Å². The zero-order chi connectivity index (χ0) is 22.1. The molecule has 1 aliphatic rings. The van der Waals surface area contributed by atoms with E-state index in [1.165, 1.54) is 31.2 Å². The molecule has 0 saturated carbocycles. The SMILES string of the molecule is CC(=O)Nc1ccc(NC(=O)c2cc(S(=O)(=O)[C@H]3CCS(=O)(=O)C3)ccc2F)cc1. The van der Waals surface area contributed by atoms with Crippen LogP contribution in [0.15, 0.2) is 47.4 Å². The van der Waals surface area contributed by atoms with E-state index < -0.39 is 48.0 Å². The van der Waals surface area contributed by atoms with Gasteiger partial charge in [-0.05, 0) is 48.9 Å². The van der Waals surface area contributed by atoms with Crippen molar-refractivity contribution < 1.29 is 30.8 Å². The van der Waals surface area contributed by atoms with Crippen LogP contribution in [-0.2, 0) is 24.5 Å². The Bertz CT molecular complexity index is 1210. The summed E-state index contributed by atoms with van der Waals surface area (Å²) in [7, 11) is -7.47. The summed E-state index contributed by atoms with van der Waals surface area (Å²) < 4.78 is 62.9. The molecule has 0 aliphatic carbocycles. The number of rotatable bonds is 5. The van der Waals surface area contributed by atoms with Gasteiger partial charge < -0.3 is 10.6 Å². The molecule has 2 aromatic rings. The molecule has 2 amide bonds. The summed E-state index contributed by atoms with van der Waals surface area (Å²) in [5.41, 5.74) is 0.331. The van der Waals surface area contributed by atoms with Crippen LogP contribution in [0.5, 0.6) is 0 Å². The Morgan fingerprint density at radius 3 is 2.17 bits per heavy atom. The molecule has 1 saturated heterocycles. The zero-order valence-electron chi connectivity index (χ0n) is 15.9. The first-order valence-corrected chi connectivity index (χ1v) is 12.3. The molecule has 3 rings (SSSR count). The van der Waals surface area contributed by atoms with Crippen LogP contribution in [0.2, 0.25) is 0 Å². The van der Waals surface area contributed by atoms with Gasteiger partial charge in [0.05, 0.1) is 27.2 Å². The summed E-state index contributed by atoms with van der Waals surface area (Å²) >= 11 is 0. The monoisotopic (exact) mass is 454 g/mol. The predicted molar refractivity (Wildman–Crippen MR) is 109 cm³/mol. The molecule has 0 bridgehead atoms. The number of halogens is 1. The van der Waals surface area contributed by atoms with Crippen LogP contribution in [0.1, 0.15) is 23.7 Å². The number of carbonyl (C=O) groups excluding carboxylic acids is 2. The molecule has 1 atom stereocenters. The first kappa shape index (κ1) is 21.9. The molecular weight excluding hydrogens is 435 g/mol. The molecule has 1 heterocycles. The Balaban J connectivity index is 1.82. The van der Waals surface area contributed by atoms with Crippen LogP contribution in [0.3, 0.4) is 0 Å². The largest absolute Gasteiger partial charge is 0.326 e. The fourth-order valence-corrected chi connectivity index (χ4v) is 7.48. The van der Waals surface area contributed by atoms with E-state index in [2.05, 4.69) is 10.6 Å². The second-order valence-electron chi connectivity index (χ2n) is 6.92. The highest BCUT2D eigenvalue weighted by molar-refractivity contribution is 7.96. The van der Waals surface area contributed by atoms with Crippen molar-refractivity contribution in [3.05, 3.63) is 53.8 Å². The van der Waals surface area contributed by atoms with E-state index in [0.29, 0.717) is 11.4 Å². The Hall–Kier alpha value is -2.79. The minimum absolute atomic E-state index is 0.0375. The zero-order valence-corrected chi connectivity index (χ0v) is 17.5. The third kappa shape index (κ3) is 4.85. The number of hydrogen-bond acceptors (Lipinski definition) is 6. The van der Waals surface area contributed by atoms with Gasteiger partial charge in [-0.25, -0.2) is 21.2 Å². The van der Waals surface area contributed by atoms with Gasteiger partial charge in [0.25, 0.3) is 5.91 Å². The first-order chi connectivity index (χ1) is 14.0. The molecular formula is C19H19FN2O6S2. The first-order valence-electron chi connectivity index (χ1n) is 8.91. The van der Waals surface area contributed by atoms with Gasteiger partial charge in [-0.15, -0.1) is 0 Å². The number of sulfone groups is 2. The average Bonchev–Trinajstić information content (AvgIpc) is 3.03. The van der Waals surface area contributed by atoms with Crippen molar-refractivity contribution in [3.63, 3.8) is 0 Å². The molecule has 0 spiro atoms. The number of carbonyl (C=O) groups is 2. The van der Waals surface area contributed by atoms with Gasteiger partial charge in [-0.1, -0.05) is 0 Å². The van der Waals surface area contributed by atoms with Crippen LogP contribution in [0.25, 0.3) is 0 Å². The lowest BCUT2D eigenvalue weighted by molar-refractivity contribution is -0.114. The highest BCUT2D eigenvalue weighted by Crippen LogP contribution is 2.27. The predicted octanol–water partition coefficient (Wildman–Crippen LogP) is 2.00. The molecule has 1 fully saturated rings. The van der Waals surface area contributed by atoms with Gasteiger partial charge >= 0.3 is 0 Å². The summed E-state index contributed by atoms with van der Waals surface area (Å²) in [5.74, 6) is -2.76. The molecule has 0 aromatic heterocycles. The topological polar surface area (TPSA) is 126 Å². The van der Waals surface area contributed by atoms with Crippen LogP contribution in [-0.4, -0.2) is 45.4 Å². The van der Waals surface area contributed by atoms with Crippen LogP contribution in [0, 0.1) is 5.82 Å². The highest BCUT2D eigenvalue weighted by atomic mass is 32.2. The standard InChI is InChI=1S/C19H19FN2O6S2/c1-12(23)21-13-2-4-14(5-3-13)22-19(24)17-10-15(6-7-18(17)20)30(27,28)16-8-9-29(25,26)11-16/h2-7,10,16H,8-9,11H2,1H3,(H,21,23)(H,22,24)/t16-/m0/s1. The Morgan fingerprint density at radius 2 is 1.63 bits per heavy atom. The number of anilines is 2. The van der Waals surface area contributed by atoms with E-state index >= 15 is 0 Å². The van der Waals surface area contributed by atoms with Crippen molar-refractivity contribution in [1.82, 2.24) is 0 Å². The quantitative estimate of drug-likeness (QED) is 0.666. The molecule has 11 heteroatoms. The molecule has 0 unspecified atom stereocenters. The molecule has 30 heavy (non-hydrogen) atoms. The van der Waals surface area contributed by atoms with Crippen molar-refractivity contribution in [2.24, 2.45) is 0 Å². The van der Waals surface area contributed by atoms with E-state index in [-0.39, 0.29) is 23.0 Å². The van der Waals surface area contributed by atoms with E-state index in [0.717, 1.165) is 18.2 Å². The fourth-order valence-electron chi connectivity index (χ4n) is 3.09. The lowest BCUT2D eigenvalue weighted by atomic mass is 10.2. The van der Waals surface area contributed by atoms with E-state index in [1.54, 1.807) is 0 Å². The highest BCUT2D eigenvalue weighted by Gasteiger charge is 2.38. The van der Waals surface area contributed by atoms with Crippen LogP contribution >= 0.6 is 0 Å². The lowest BCUT2D eigenvalue weighted by Crippen LogP contribution is -2.23. The van der Waals surface area contributed by atoms with E-state index in [9.17, 15) is 30.8 Å². The normalized spacial score (nSPS) is 18.0. The molecule has 0 radical (unpaired) electrons. The summed E-state index contributed by atoms with van der Waals surface area (Å²) in [6.07, 6.45) is -0.0375. The summed E-state index contributed by atoms with van der Waals surface area (Å²) in [6.45, 7) is 1.35. The number of nitrogens with one attached hydrogen (secondary N) is 2. The van der Waals surface area contributed by atoms with Crippen molar-refractivity contribution in [2.75, 3.05) is 22.1 Å². The summed E-state index contributed by atoms with van der Waals surface area (Å²) in [5, 5.41) is 3.90. The van der Waals surface area contributed by atoms with Crippen molar-refractivity contribution in [1.29, 1.82) is 0 Å². The Kier molecular flexibility index (Phi) is 5.95. The van der Waals surface area contributed by atoms with Gasteiger partial charge in [0.2, 0.25) is 5.91 Å². The maximum absolute atomic E-state index is 14.2. The number of hydrogen-bond donors (Lipinski definition) is 2. The third-order valence-corrected chi connectivity index (χ3v) is 8.77. The number of amides is 2. The van der Waals surface area contributed by atoms with Gasteiger partial charge in [-0.2, -0.15) is 0 Å². The van der Waals surface area contributed by atoms with E-state index in [1.807, 2.05) is 0 Å². The van der Waals surface area contributed by atoms with Gasteiger partial charge in [0.1, 0.15) is 5.82 Å². The Morgan fingerprint density at radius 1 is 1.03 bits per heavy atom. The average molecular weight is 455 g/mol. The lowest BCUT2D eigenvalue weighted by Gasteiger charge is -2.12. The van der Waals surface area contributed by atoms with Gasteiger partial charge in [0.15, 0.2) is 19.7 Å². The van der Waals surface area contributed by atoms with Gasteiger partial charge in [0, 0.05) is 18.3 Å². The van der Waals surface area contributed by atoms with Crippen molar-refractivity contribution in [3.8, 4) is 0 Å². The van der Waals surface area contributed by atoms with E-state index in [4.69, 9.17) is 0 Å². The molecule has 2 aromatic carbocycles. The third-order valence-electron chi connectivity index (χ3n) is 4.60. The molecule has 2 N–H and O–H groups in total. The molecule has 160 valence electrons. The minimum Gasteiger partial charge on any atom is -0.326 e. The number of benzene rings is 2. The summed E-state index contributed by atoms with van der Waals surface area (Å²) in [4.78, 5) is 23.2.